The predicted molar refractivity (Wildman–Crippen MR) is 116 cm³/mol. The van der Waals surface area contributed by atoms with Gasteiger partial charge in [-0.05, 0) is 43.6 Å². The molecule has 0 aliphatic carbocycles. The molecule has 0 unspecified atom stereocenters. The second kappa shape index (κ2) is 8.64. The van der Waals surface area contributed by atoms with Crippen molar-refractivity contribution in [1.29, 1.82) is 0 Å². The SMILES string of the molecule is O=C(CSc1nn(-c2ccccc2)c(=S)s1)c1cnc(N2CCCCC2)s1. The number of para-hydroxylation sites is 1. The Balaban J connectivity index is 1.40. The smallest absolute Gasteiger partial charge is 0.185 e. The highest BCUT2D eigenvalue weighted by Crippen LogP contribution is 2.28. The summed E-state index contributed by atoms with van der Waals surface area (Å²) >= 11 is 9.77. The highest BCUT2D eigenvalue weighted by atomic mass is 32.2. The van der Waals surface area contributed by atoms with Gasteiger partial charge in [0.1, 0.15) is 0 Å². The van der Waals surface area contributed by atoms with Crippen LogP contribution in [0.2, 0.25) is 0 Å². The zero-order valence-corrected chi connectivity index (χ0v) is 17.8. The molecule has 140 valence electrons. The molecule has 0 N–H and O–H groups in total. The Bertz CT molecular complexity index is 973. The summed E-state index contributed by atoms with van der Waals surface area (Å²) < 4.78 is 3.23. The van der Waals surface area contributed by atoms with Gasteiger partial charge in [-0.1, -0.05) is 52.6 Å². The first-order valence-corrected chi connectivity index (χ1v) is 11.8. The highest BCUT2D eigenvalue weighted by molar-refractivity contribution is 8.01. The Morgan fingerprint density at radius 3 is 2.70 bits per heavy atom. The van der Waals surface area contributed by atoms with Crippen LogP contribution in [0.25, 0.3) is 5.69 Å². The van der Waals surface area contributed by atoms with Crippen molar-refractivity contribution in [3.8, 4) is 5.69 Å². The summed E-state index contributed by atoms with van der Waals surface area (Å²) in [5, 5.41) is 5.51. The Hall–Kier alpha value is -1.55. The summed E-state index contributed by atoms with van der Waals surface area (Å²) in [6, 6.07) is 9.80. The molecule has 27 heavy (non-hydrogen) atoms. The van der Waals surface area contributed by atoms with E-state index in [2.05, 4.69) is 15.0 Å². The molecule has 1 aliphatic heterocycles. The lowest BCUT2D eigenvalue weighted by Crippen LogP contribution is -2.29. The second-order valence-corrected chi connectivity index (χ2v) is 10.0. The number of Topliss-reactive ketones (excluding diaryl/α,β-unsaturated/α-hetero) is 1. The molecule has 4 rings (SSSR count). The lowest BCUT2D eigenvalue weighted by molar-refractivity contribution is 0.102. The summed E-state index contributed by atoms with van der Waals surface area (Å²) in [5.41, 5.74) is 0.936. The zero-order chi connectivity index (χ0) is 18.6. The molecule has 3 heterocycles. The second-order valence-electron chi connectivity index (χ2n) is 6.15. The van der Waals surface area contributed by atoms with E-state index in [-0.39, 0.29) is 5.78 Å². The van der Waals surface area contributed by atoms with Crippen molar-refractivity contribution >= 4 is 57.6 Å². The average molecular weight is 435 g/mol. The van der Waals surface area contributed by atoms with E-state index >= 15 is 0 Å². The largest absolute Gasteiger partial charge is 0.348 e. The lowest BCUT2D eigenvalue weighted by Gasteiger charge is -2.25. The topological polar surface area (TPSA) is 51.0 Å². The van der Waals surface area contributed by atoms with Gasteiger partial charge in [0.05, 0.1) is 22.5 Å². The van der Waals surface area contributed by atoms with Gasteiger partial charge in [0, 0.05) is 13.1 Å². The molecule has 9 heteroatoms. The Labute approximate surface area is 175 Å². The quantitative estimate of drug-likeness (QED) is 0.306. The molecular formula is C18H18N4OS4. The molecule has 0 saturated carbocycles. The maximum absolute atomic E-state index is 12.6. The number of aromatic nitrogens is 3. The number of thiazole rings is 1. The van der Waals surface area contributed by atoms with E-state index in [1.165, 1.54) is 53.7 Å². The van der Waals surface area contributed by atoms with E-state index in [1.54, 1.807) is 10.9 Å². The van der Waals surface area contributed by atoms with Crippen LogP contribution in [0, 0.1) is 3.95 Å². The molecule has 0 radical (unpaired) electrons. The van der Waals surface area contributed by atoms with E-state index in [1.807, 2.05) is 30.3 Å². The number of benzene rings is 1. The summed E-state index contributed by atoms with van der Waals surface area (Å²) in [6.07, 6.45) is 5.40. The fraction of sp³-hybridized carbons (Fsp3) is 0.333. The number of piperidine rings is 1. The molecule has 1 fully saturated rings. The van der Waals surface area contributed by atoms with E-state index in [4.69, 9.17) is 12.2 Å². The number of ketones is 1. The molecule has 0 bridgehead atoms. The van der Waals surface area contributed by atoms with Crippen LogP contribution < -0.4 is 4.90 Å². The number of thioether (sulfide) groups is 1. The molecule has 0 spiro atoms. The number of anilines is 1. The van der Waals surface area contributed by atoms with Crippen LogP contribution in [-0.2, 0) is 0 Å². The van der Waals surface area contributed by atoms with Crippen LogP contribution in [-0.4, -0.2) is 39.4 Å². The molecule has 0 atom stereocenters. The zero-order valence-electron chi connectivity index (χ0n) is 14.5. The van der Waals surface area contributed by atoms with Gasteiger partial charge < -0.3 is 4.90 Å². The van der Waals surface area contributed by atoms with E-state index in [0.717, 1.165) is 28.2 Å². The van der Waals surface area contributed by atoms with E-state index < -0.39 is 0 Å². The Morgan fingerprint density at radius 2 is 1.93 bits per heavy atom. The van der Waals surface area contributed by atoms with Crippen LogP contribution in [0.1, 0.15) is 28.9 Å². The van der Waals surface area contributed by atoms with Gasteiger partial charge in [0.15, 0.2) is 19.2 Å². The number of nitrogens with zero attached hydrogens (tertiary/aromatic N) is 4. The van der Waals surface area contributed by atoms with Crippen molar-refractivity contribution in [2.45, 2.75) is 23.6 Å². The number of rotatable bonds is 6. The Kier molecular flexibility index (Phi) is 6.01. The van der Waals surface area contributed by atoms with E-state index in [9.17, 15) is 4.79 Å². The summed E-state index contributed by atoms with van der Waals surface area (Å²) in [4.78, 5) is 20.0. The Morgan fingerprint density at radius 1 is 1.15 bits per heavy atom. The van der Waals surface area contributed by atoms with Crippen molar-refractivity contribution in [1.82, 2.24) is 14.8 Å². The fourth-order valence-corrected chi connectivity index (χ4v) is 6.12. The minimum Gasteiger partial charge on any atom is -0.348 e. The standard InChI is InChI=1S/C18H18N4OS4/c23-14(15-11-19-16(26-15)21-9-5-2-6-10-21)12-25-17-20-22(18(24)27-17)13-7-3-1-4-8-13/h1,3-4,7-8,11H,2,5-6,9-10,12H2. The van der Waals surface area contributed by atoms with Gasteiger partial charge in [-0.2, -0.15) is 0 Å². The molecular weight excluding hydrogens is 416 g/mol. The van der Waals surface area contributed by atoms with Crippen LogP contribution >= 0.6 is 46.7 Å². The third kappa shape index (κ3) is 4.48. The van der Waals surface area contributed by atoms with Gasteiger partial charge >= 0.3 is 0 Å². The predicted octanol–water partition coefficient (Wildman–Crippen LogP) is 5.09. The highest BCUT2D eigenvalue weighted by Gasteiger charge is 2.18. The number of hydrogen-bond donors (Lipinski definition) is 0. The summed E-state index contributed by atoms with van der Waals surface area (Å²) in [6.45, 7) is 2.08. The first-order chi connectivity index (χ1) is 13.2. The molecule has 3 aromatic rings. The molecule has 5 nitrogen and oxygen atoms in total. The third-order valence-electron chi connectivity index (χ3n) is 4.25. The van der Waals surface area contributed by atoms with Crippen molar-refractivity contribution in [3.05, 3.63) is 45.4 Å². The number of carbonyl (C=O) groups excluding carboxylic acids is 1. The minimum atomic E-state index is 0.0909. The maximum atomic E-state index is 12.6. The molecule has 2 aromatic heterocycles. The van der Waals surface area contributed by atoms with E-state index in [0.29, 0.717) is 14.6 Å². The third-order valence-corrected chi connectivity index (χ3v) is 7.72. The van der Waals surface area contributed by atoms with Crippen LogP contribution in [0.3, 0.4) is 0 Å². The van der Waals surface area contributed by atoms with Gasteiger partial charge in [0.25, 0.3) is 0 Å². The van der Waals surface area contributed by atoms with Crippen LogP contribution in [0.15, 0.2) is 40.9 Å². The van der Waals surface area contributed by atoms with Crippen LogP contribution in [0.4, 0.5) is 5.13 Å². The molecule has 0 amide bonds. The van der Waals surface area contributed by atoms with Crippen LogP contribution in [0.5, 0.6) is 0 Å². The van der Waals surface area contributed by atoms with Gasteiger partial charge in [-0.3, -0.25) is 4.79 Å². The first kappa shape index (κ1) is 18.8. The van der Waals surface area contributed by atoms with Gasteiger partial charge in [0.2, 0.25) is 0 Å². The van der Waals surface area contributed by atoms with Gasteiger partial charge in [-0.25, -0.2) is 9.67 Å². The summed E-state index contributed by atoms with van der Waals surface area (Å²) in [7, 11) is 0. The average Bonchev–Trinajstić information content (AvgIpc) is 3.35. The first-order valence-electron chi connectivity index (χ1n) is 8.73. The van der Waals surface area contributed by atoms with Crippen molar-refractivity contribution in [3.63, 3.8) is 0 Å². The monoisotopic (exact) mass is 434 g/mol. The van der Waals surface area contributed by atoms with Crippen molar-refractivity contribution in [2.75, 3.05) is 23.7 Å². The van der Waals surface area contributed by atoms with Crippen molar-refractivity contribution in [2.24, 2.45) is 0 Å². The molecule has 1 saturated heterocycles. The van der Waals surface area contributed by atoms with Crippen molar-refractivity contribution < 1.29 is 4.79 Å². The molecule has 1 aromatic carbocycles. The normalized spacial score (nSPS) is 14.4. The lowest BCUT2D eigenvalue weighted by atomic mass is 10.1. The number of hydrogen-bond acceptors (Lipinski definition) is 8. The summed E-state index contributed by atoms with van der Waals surface area (Å²) in [5.74, 6) is 0.437. The fourth-order valence-electron chi connectivity index (χ4n) is 2.88. The number of carbonyl (C=O) groups is 1. The van der Waals surface area contributed by atoms with Gasteiger partial charge in [-0.15, -0.1) is 5.10 Å². The maximum Gasteiger partial charge on any atom is 0.185 e. The minimum absolute atomic E-state index is 0.0909. The molecule has 1 aliphatic rings.